The number of nitrogens with two attached hydrogens (primary N) is 1. The second kappa shape index (κ2) is 5.61. The molecule has 1 unspecified atom stereocenters. The molecule has 0 aromatic heterocycles. The molecule has 20 heavy (non-hydrogen) atoms. The first kappa shape index (κ1) is 13.9. The summed E-state index contributed by atoms with van der Waals surface area (Å²) in [6.07, 6.45) is 0. The van der Waals surface area contributed by atoms with Crippen LogP contribution in [0.3, 0.4) is 0 Å². The van der Waals surface area contributed by atoms with Crippen LogP contribution >= 0.6 is 0 Å². The standard InChI is InChI=1S/C15H15FN2O2/c1-9(10-4-2-5-11(16)8-10)18-14-12(15(19)20)6-3-7-13(14)17/h2-9,18H,17H2,1H3,(H,19,20). The molecule has 0 fully saturated rings. The van der Waals surface area contributed by atoms with Crippen molar-refractivity contribution in [1.29, 1.82) is 0 Å². The summed E-state index contributed by atoms with van der Waals surface area (Å²) >= 11 is 0. The average Bonchev–Trinajstić information content (AvgIpc) is 2.40. The Hall–Kier alpha value is -2.56. The lowest BCUT2D eigenvalue weighted by molar-refractivity contribution is 0.0698. The molecule has 0 amide bonds. The van der Waals surface area contributed by atoms with Crippen LogP contribution in [0.5, 0.6) is 0 Å². The van der Waals surface area contributed by atoms with Crippen LogP contribution in [0, 0.1) is 5.82 Å². The van der Waals surface area contributed by atoms with Crippen LogP contribution in [0.4, 0.5) is 15.8 Å². The second-order valence-electron chi connectivity index (χ2n) is 4.50. The minimum Gasteiger partial charge on any atom is -0.478 e. The average molecular weight is 274 g/mol. The van der Waals surface area contributed by atoms with Gasteiger partial charge in [-0.1, -0.05) is 18.2 Å². The lowest BCUT2D eigenvalue weighted by atomic mass is 10.1. The van der Waals surface area contributed by atoms with Gasteiger partial charge in [-0.25, -0.2) is 9.18 Å². The fourth-order valence-electron chi connectivity index (χ4n) is 1.99. The largest absolute Gasteiger partial charge is 0.478 e. The van der Waals surface area contributed by atoms with Gasteiger partial charge in [-0.15, -0.1) is 0 Å². The predicted octanol–water partition coefficient (Wildman–Crippen LogP) is 3.28. The maximum absolute atomic E-state index is 13.2. The van der Waals surface area contributed by atoms with E-state index in [-0.39, 0.29) is 17.4 Å². The van der Waals surface area contributed by atoms with Gasteiger partial charge in [0.25, 0.3) is 0 Å². The number of hydrogen-bond donors (Lipinski definition) is 3. The summed E-state index contributed by atoms with van der Waals surface area (Å²) in [7, 11) is 0. The molecular weight excluding hydrogens is 259 g/mol. The molecule has 0 radical (unpaired) electrons. The molecule has 0 bridgehead atoms. The summed E-state index contributed by atoms with van der Waals surface area (Å²) in [5.41, 5.74) is 7.30. The van der Waals surface area contributed by atoms with E-state index in [0.717, 1.165) is 0 Å². The van der Waals surface area contributed by atoms with E-state index in [1.807, 2.05) is 6.92 Å². The van der Waals surface area contributed by atoms with Gasteiger partial charge in [-0.3, -0.25) is 0 Å². The van der Waals surface area contributed by atoms with E-state index in [0.29, 0.717) is 16.9 Å². The van der Waals surface area contributed by atoms with E-state index in [2.05, 4.69) is 5.32 Å². The molecule has 0 saturated carbocycles. The number of hydrogen-bond acceptors (Lipinski definition) is 3. The zero-order valence-corrected chi connectivity index (χ0v) is 10.9. The van der Waals surface area contributed by atoms with Crippen molar-refractivity contribution in [2.45, 2.75) is 13.0 Å². The molecule has 2 aromatic rings. The van der Waals surface area contributed by atoms with E-state index in [1.165, 1.54) is 18.2 Å². The first-order valence-electron chi connectivity index (χ1n) is 6.13. The number of para-hydroxylation sites is 1. The number of nitrogens with one attached hydrogen (secondary N) is 1. The van der Waals surface area contributed by atoms with Crippen LogP contribution in [-0.2, 0) is 0 Å². The number of carboxylic acids is 1. The highest BCUT2D eigenvalue weighted by Crippen LogP contribution is 2.28. The van der Waals surface area contributed by atoms with Crippen molar-refractivity contribution < 1.29 is 14.3 Å². The van der Waals surface area contributed by atoms with Gasteiger partial charge in [0, 0.05) is 6.04 Å². The minimum absolute atomic E-state index is 0.0910. The molecule has 0 aliphatic carbocycles. The van der Waals surface area contributed by atoms with E-state index < -0.39 is 5.97 Å². The summed E-state index contributed by atoms with van der Waals surface area (Å²) < 4.78 is 13.2. The highest BCUT2D eigenvalue weighted by molar-refractivity contribution is 5.97. The van der Waals surface area contributed by atoms with Crippen LogP contribution in [0.15, 0.2) is 42.5 Å². The molecule has 4 nitrogen and oxygen atoms in total. The van der Waals surface area contributed by atoms with Gasteiger partial charge in [0.1, 0.15) is 5.82 Å². The number of aromatic carboxylic acids is 1. The Morgan fingerprint density at radius 2 is 2.00 bits per heavy atom. The number of carbonyl (C=O) groups is 1. The van der Waals surface area contributed by atoms with E-state index in [9.17, 15) is 9.18 Å². The Morgan fingerprint density at radius 1 is 1.30 bits per heavy atom. The van der Waals surface area contributed by atoms with Crippen molar-refractivity contribution in [3.8, 4) is 0 Å². The zero-order valence-electron chi connectivity index (χ0n) is 10.9. The lowest BCUT2D eigenvalue weighted by Gasteiger charge is -2.19. The molecule has 0 saturated heterocycles. The van der Waals surface area contributed by atoms with Crippen LogP contribution in [0.1, 0.15) is 28.9 Å². The topological polar surface area (TPSA) is 75.3 Å². The van der Waals surface area contributed by atoms with Gasteiger partial charge in [-0.2, -0.15) is 0 Å². The molecular formula is C15H15FN2O2. The Bertz CT molecular complexity index is 644. The van der Waals surface area contributed by atoms with Crippen molar-refractivity contribution in [2.24, 2.45) is 0 Å². The highest BCUT2D eigenvalue weighted by Gasteiger charge is 2.15. The van der Waals surface area contributed by atoms with Crippen LogP contribution in [0.25, 0.3) is 0 Å². The minimum atomic E-state index is -1.06. The van der Waals surface area contributed by atoms with Gasteiger partial charge in [0.15, 0.2) is 0 Å². The number of rotatable bonds is 4. The van der Waals surface area contributed by atoms with E-state index in [1.54, 1.807) is 24.3 Å². The molecule has 1 atom stereocenters. The smallest absolute Gasteiger partial charge is 0.337 e. The first-order chi connectivity index (χ1) is 9.49. The van der Waals surface area contributed by atoms with Gasteiger partial charge in [-0.05, 0) is 36.8 Å². The third-order valence-electron chi connectivity index (χ3n) is 3.04. The number of nitrogen functional groups attached to an aromatic ring is 1. The van der Waals surface area contributed by atoms with Crippen LogP contribution in [-0.4, -0.2) is 11.1 Å². The third-order valence-corrected chi connectivity index (χ3v) is 3.04. The van der Waals surface area contributed by atoms with Crippen LogP contribution in [0.2, 0.25) is 0 Å². The van der Waals surface area contributed by atoms with Gasteiger partial charge in [0.05, 0.1) is 16.9 Å². The quantitative estimate of drug-likeness (QED) is 0.748. The predicted molar refractivity (Wildman–Crippen MR) is 76.3 cm³/mol. The summed E-state index contributed by atoms with van der Waals surface area (Å²) in [4.78, 5) is 11.2. The van der Waals surface area contributed by atoms with Crippen molar-refractivity contribution in [3.63, 3.8) is 0 Å². The summed E-state index contributed by atoms with van der Waals surface area (Å²) in [5.74, 6) is -1.40. The Balaban J connectivity index is 2.32. The Morgan fingerprint density at radius 3 is 2.65 bits per heavy atom. The highest BCUT2D eigenvalue weighted by atomic mass is 19.1. The molecule has 0 spiro atoms. The summed E-state index contributed by atoms with van der Waals surface area (Å²) in [6.45, 7) is 1.81. The number of carboxylic acid groups (broad SMARTS) is 1. The number of anilines is 2. The molecule has 0 aliphatic heterocycles. The van der Waals surface area contributed by atoms with Crippen molar-refractivity contribution in [1.82, 2.24) is 0 Å². The third kappa shape index (κ3) is 2.88. The van der Waals surface area contributed by atoms with Crippen molar-refractivity contribution in [3.05, 3.63) is 59.4 Å². The fourth-order valence-corrected chi connectivity index (χ4v) is 1.99. The monoisotopic (exact) mass is 274 g/mol. The van der Waals surface area contributed by atoms with E-state index in [4.69, 9.17) is 10.8 Å². The molecule has 4 N–H and O–H groups in total. The Kier molecular flexibility index (Phi) is 3.89. The second-order valence-corrected chi connectivity index (χ2v) is 4.50. The number of halogens is 1. The fraction of sp³-hybridized carbons (Fsp3) is 0.133. The molecule has 104 valence electrons. The SMILES string of the molecule is CC(Nc1c(N)cccc1C(=O)O)c1cccc(F)c1. The molecule has 5 heteroatoms. The molecule has 0 heterocycles. The number of benzene rings is 2. The molecule has 2 rings (SSSR count). The van der Waals surface area contributed by atoms with Crippen molar-refractivity contribution in [2.75, 3.05) is 11.1 Å². The van der Waals surface area contributed by atoms with Gasteiger partial charge >= 0.3 is 5.97 Å². The summed E-state index contributed by atoms with van der Waals surface area (Å²) in [6, 6.07) is 10.5. The lowest BCUT2D eigenvalue weighted by Crippen LogP contribution is -2.12. The molecule has 0 aliphatic rings. The maximum atomic E-state index is 13.2. The van der Waals surface area contributed by atoms with E-state index >= 15 is 0 Å². The van der Waals surface area contributed by atoms with Gasteiger partial charge < -0.3 is 16.2 Å². The molecule has 2 aromatic carbocycles. The zero-order chi connectivity index (χ0) is 14.7. The maximum Gasteiger partial charge on any atom is 0.337 e. The van der Waals surface area contributed by atoms with Gasteiger partial charge in [0.2, 0.25) is 0 Å². The van der Waals surface area contributed by atoms with Crippen LogP contribution < -0.4 is 11.1 Å². The summed E-state index contributed by atoms with van der Waals surface area (Å²) in [5, 5.41) is 12.2. The van der Waals surface area contributed by atoms with Crippen molar-refractivity contribution >= 4 is 17.3 Å². The normalized spacial score (nSPS) is 11.9. The Labute approximate surface area is 116 Å². The first-order valence-corrected chi connectivity index (χ1v) is 6.13.